The predicted octanol–water partition coefficient (Wildman–Crippen LogP) is 5.38. The quantitative estimate of drug-likeness (QED) is 0.344. The van der Waals surface area contributed by atoms with Crippen LogP contribution in [0.4, 0.5) is 0 Å². The maximum atomic E-state index is 12.6. The van der Waals surface area contributed by atoms with Crippen LogP contribution >= 0.6 is 0 Å². The molecule has 0 aliphatic carbocycles. The van der Waals surface area contributed by atoms with E-state index in [1.54, 1.807) is 0 Å². The summed E-state index contributed by atoms with van der Waals surface area (Å²) in [7, 11) is 0. The number of hydrogen-bond acceptors (Lipinski definition) is 3. The van der Waals surface area contributed by atoms with Crippen LogP contribution in [0.25, 0.3) is 0 Å². The Morgan fingerprint density at radius 3 is 1.97 bits per heavy atom. The number of aromatic hydroxyl groups is 1. The lowest BCUT2D eigenvalue weighted by Crippen LogP contribution is -2.25. The largest absolute Gasteiger partial charge is 0.507 e. The number of phenolic OH excluding ortho intramolecular Hbond substituents is 1. The van der Waals surface area contributed by atoms with E-state index < -0.39 is 5.91 Å². The van der Waals surface area contributed by atoms with Crippen molar-refractivity contribution in [1.29, 1.82) is 0 Å². The lowest BCUT2D eigenvalue weighted by Gasteiger charge is -2.28. The molecule has 0 heterocycles. The fraction of sp³-hybridized carbons (Fsp3) is 0.615. The first-order valence-corrected chi connectivity index (χ1v) is 11.4. The summed E-state index contributed by atoms with van der Waals surface area (Å²) in [5.41, 5.74) is 8.27. The van der Waals surface area contributed by atoms with Gasteiger partial charge in [-0.05, 0) is 46.8 Å². The van der Waals surface area contributed by atoms with Crippen molar-refractivity contribution < 1.29 is 14.7 Å². The third-order valence-corrected chi connectivity index (χ3v) is 5.34. The van der Waals surface area contributed by atoms with Crippen molar-refractivity contribution in [3.63, 3.8) is 0 Å². The van der Waals surface area contributed by atoms with Gasteiger partial charge < -0.3 is 16.2 Å². The minimum absolute atomic E-state index is 0.134. The van der Waals surface area contributed by atoms with E-state index in [1.807, 2.05) is 12.1 Å². The average molecular weight is 431 g/mol. The zero-order valence-electron chi connectivity index (χ0n) is 20.5. The first-order valence-electron chi connectivity index (χ1n) is 11.4. The maximum absolute atomic E-state index is 12.6. The number of unbranched alkanes of at least 4 members (excludes halogenated alkanes) is 3. The molecule has 174 valence electrons. The zero-order valence-corrected chi connectivity index (χ0v) is 20.5. The maximum Gasteiger partial charge on any atom is 0.243 e. The number of phenols is 1. The smallest absolute Gasteiger partial charge is 0.243 e. The minimum Gasteiger partial charge on any atom is -0.507 e. The van der Waals surface area contributed by atoms with Crippen molar-refractivity contribution in [2.75, 3.05) is 0 Å². The van der Waals surface area contributed by atoms with Crippen LogP contribution < -0.4 is 11.1 Å². The van der Waals surface area contributed by atoms with Crippen molar-refractivity contribution >= 4 is 11.8 Å². The summed E-state index contributed by atoms with van der Waals surface area (Å²) in [6, 6.07) is 4.01. The van der Waals surface area contributed by atoms with Gasteiger partial charge in [-0.15, -0.1) is 0 Å². The number of carbonyl (C=O) groups excluding carboxylic acids is 2. The summed E-state index contributed by atoms with van der Waals surface area (Å²) >= 11 is 0. The number of hydrogen-bond donors (Lipinski definition) is 3. The van der Waals surface area contributed by atoms with Crippen LogP contribution in [0.3, 0.4) is 0 Å². The van der Waals surface area contributed by atoms with Crippen molar-refractivity contribution in [2.45, 2.75) is 104 Å². The molecule has 0 unspecified atom stereocenters. The van der Waals surface area contributed by atoms with E-state index in [1.165, 1.54) is 6.08 Å². The Hall–Kier alpha value is -2.30. The van der Waals surface area contributed by atoms with Crippen LogP contribution in [0.1, 0.15) is 104 Å². The molecule has 0 aliphatic rings. The number of carbonyl (C=O) groups is 2. The molecule has 4 N–H and O–H groups in total. The van der Waals surface area contributed by atoms with Gasteiger partial charge in [0.2, 0.25) is 11.8 Å². The van der Waals surface area contributed by atoms with Crippen LogP contribution in [-0.4, -0.2) is 16.9 Å². The average Bonchev–Trinajstić information content (AvgIpc) is 2.61. The summed E-state index contributed by atoms with van der Waals surface area (Å²) < 4.78 is 0. The summed E-state index contributed by atoms with van der Waals surface area (Å²) in [6.45, 7) is 14.6. The third kappa shape index (κ3) is 9.16. The van der Waals surface area contributed by atoms with Gasteiger partial charge in [0.25, 0.3) is 0 Å². The molecule has 0 radical (unpaired) electrons. The van der Waals surface area contributed by atoms with Gasteiger partial charge in [-0.25, -0.2) is 0 Å². The molecule has 0 bridgehead atoms. The molecule has 31 heavy (non-hydrogen) atoms. The summed E-state index contributed by atoms with van der Waals surface area (Å²) in [5, 5.41) is 13.7. The second-order valence-corrected chi connectivity index (χ2v) is 10.5. The molecule has 0 aliphatic heterocycles. The Morgan fingerprint density at radius 1 is 0.968 bits per heavy atom. The van der Waals surface area contributed by atoms with E-state index in [0.29, 0.717) is 30.7 Å². The summed E-state index contributed by atoms with van der Waals surface area (Å²) in [4.78, 5) is 23.9. The molecule has 2 amide bonds. The van der Waals surface area contributed by atoms with Gasteiger partial charge in [0.05, 0.1) is 0 Å². The van der Waals surface area contributed by atoms with Gasteiger partial charge in [0, 0.05) is 18.2 Å². The van der Waals surface area contributed by atoms with Crippen molar-refractivity contribution in [3.8, 4) is 5.75 Å². The summed E-state index contributed by atoms with van der Waals surface area (Å²) in [5.74, 6) is -0.341. The van der Waals surface area contributed by atoms with Gasteiger partial charge in [-0.2, -0.15) is 0 Å². The molecule has 0 saturated carbocycles. The van der Waals surface area contributed by atoms with Crippen molar-refractivity contribution in [1.82, 2.24) is 5.32 Å². The van der Waals surface area contributed by atoms with E-state index in [0.717, 1.165) is 42.4 Å². The fourth-order valence-corrected chi connectivity index (χ4v) is 3.57. The number of nitrogens with one attached hydrogen (secondary N) is 1. The van der Waals surface area contributed by atoms with Gasteiger partial charge >= 0.3 is 0 Å². The van der Waals surface area contributed by atoms with E-state index in [9.17, 15) is 14.7 Å². The molecule has 0 atom stereocenters. The molecule has 5 heteroatoms. The highest BCUT2D eigenvalue weighted by Gasteiger charge is 2.26. The Morgan fingerprint density at radius 2 is 1.52 bits per heavy atom. The molecular formula is C26H42N2O3. The van der Waals surface area contributed by atoms with Crippen LogP contribution in [0.2, 0.25) is 0 Å². The second-order valence-electron chi connectivity index (χ2n) is 10.5. The van der Waals surface area contributed by atoms with Gasteiger partial charge in [-0.3, -0.25) is 9.59 Å². The number of primary amides is 1. The number of rotatable bonds is 10. The molecular weight excluding hydrogens is 388 g/mol. The van der Waals surface area contributed by atoms with E-state index in [2.05, 4.69) is 53.8 Å². The van der Waals surface area contributed by atoms with Gasteiger partial charge in [0.1, 0.15) is 5.75 Å². The lowest BCUT2D eigenvalue weighted by atomic mass is 9.78. The number of nitrogens with two attached hydrogens (primary N) is 1. The highest BCUT2D eigenvalue weighted by atomic mass is 16.3. The normalized spacial score (nSPS) is 12.7. The molecule has 5 nitrogen and oxygen atoms in total. The van der Waals surface area contributed by atoms with Crippen LogP contribution in [-0.2, 0) is 26.8 Å². The SMILES string of the molecule is CCCCCCC(=CC(N)=O)NC(=O)CCc1cc(C(C)(C)C)c(O)c(C(C)(C)C)c1. The number of aryl methyl sites for hydroxylation is 1. The second kappa shape index (κ2) is 11.4. The van der Waals surface area contributed by atoms with E-state index in [-0.39, 0.29) is 16.7 Å². The third-order valence-electron chi connectivity index (χ3n) is 5.34. The van der Waals surface area contributed by atoms with Crippen LogP contribution in [0.5, 0.6) is 5.75 Å². The van der Waals surface area contributed by atoms with E-state index >= 15 is 0 Å². The molecule has 0 aromatic heterocycles. The number of allylic oxidation sites excluding steroid dienone is 1. The zero-order chi connectivity index (χ0) is 23.8. The van der Waals surface area contributed by atoms with Crippen LogP contribution in [0, 0.1) is 0 Å². The molecule has 1 rings (SSSR count). The van der Waals surface area contributed by atoms with Crippen molar-refractivity contribution in [3.05, 3.63) is 40.6 Å². The molecule has 1 aromatic rings. The monoisotopic (exact) mass is 430 g/mol. The van der Waals surface area contributed by atoms with E-state index in [4.69, 9.17) is 5.73 Å². The first kappa shape index (κ1) is 26.7. The number of amides is 2. The molecule has 1 aromatic carbocycles. The Labute approximate surface area is 188 Å². The van der Waals surface area contributed by atoms with Gasteiger partial charge in [0.15, 0.2) is 0 Å². The Kier molecular flexibility index (Phi) is 9.79. The minimum atomic E-state index is -0.547. The summed E-state index contributed by atoms with van der Waals surface area (Å²) in [6.07, 6.45) is 7.03. The molecule has 0 saturated heterocycles. The number of benzene rings is 1. The fourth-order valence-electron chi connectivity index (χ4n) is 3.57. The Balaban J connectivity index is 2.95. The Bertz CT molecular complexity index is 761. The highest BCUT2D eigenvalue weighted by Crippen LogP contribution is 2.39. The molecule has 0 spiro atoms. The molecule has 0 fully saturated rings. The standard InChI is InChI=1S/C26H42N2O3/c1-8-9-10-11-12-19(17-22(27)29)28-23(30)14-13-18-15-20(25(2,3)4)24(31)21(16-18)26(5,6)7/h15-17,31H,8-14H2,1-7H3,(H2,27,29)(H,28,30). The van der Waals surface area contributed by atoms with Crippen LogP contribution in [0.15, 0.2) is 23.9 Å². The topological polar surface area (TPSA) is 92.4 Å². The first-order chi connectivity index (χ1) is 14.3. The highest BCUT2D eigenvalue weighted by molar-refractivity contribution is 5.88. The lowest BCUT2D eigenvalue weighted by molar-refractivity contribution is -0.120. The van der Waals surface area contributed by atoms with Gasteiger partial charge in [-0.1, -0.05) is 79.9 Å². The predicted molar refractivity (Wildman–Crippen MR) is 128 cm³/mol. The van der Waals surface area contributed by atoms with Crippen molar-refractivity contribution in [2.24, 2.45) is 5.73 Å².